The lowest BCUT2D eigenvalue weighted by Crippen LogP contribution is -2.21. The van der Waals surface area contributed by atoms with Crippen LogP contribution >= 0.6 is 27.3 Å². The van der Waals surface area contributed by atoms with E-state index in [2.05, 4.69) is 28.9 Å². The van der Waals surface area contributed by atoms with Crippen molar-refractivity contribution in [2.24, 2.45) is 11.1 Å². The zero-order chi connectivity index (χ0) is 12.3. The van der Waals surface area contributed by atoms with Gasteiger partial charge in [-0.2, -0.15) is 0 Å². The van der Waals surface area contributed by atoms with E-state index >= 15 is 0 Å². The average molecular weight is 316 g/mol. The number of hydrogen-bond acceptors (Lipinski definition) is 2. The number of thiophene rings is 1. The van der Waals surface area contributed by atoms with Gasteiger partial charge in [0.15, 0.2) is 0 Å². The van der Waals surface area contributed by atoms with Crippen LogP contribution in [0.3, 0.4) is 0 Å². The highest BCUT2D eigenvalue weighted by Crippen LogP contribution is 2.45. The molecular formula is C14H22BrNS. The third-order valence-electron chi connectivity index (χ3n) is 4.10. The molecule has 1 aliphatic rings. The normalized spacial score (nSPS) is 18.8. The van der Waals surface area contributed by atoms with Gasteiger partial charge in [-0.15, -0.1) is 11.3 Å². The van der Waals surface area contributed by atoms with E-state index in [0.29, 0.717) is 5.41 Å². The first-order valence-corrected chi connectivity index (χ1v) is 8.21. The highest BCUT2D eigenvalue weighted by Gasteiger charge is 2.32. The molecule has 3 heteroatoms. The van der Waals surface area contributed by atoms with Gasteiger partial charge in [-0.3, -0.25) is 0 Å². The van der Waals surface area contributed by atoms with E-state index in [0.717, 1.165) is 6.54 Å². The monoisotopic (exact) mass is 315 g/mol. The molecule has 0 atom stereocenters. The molecule has 1 heterocycles. The third-order valence-corrected chi connectivity index (χ3v) is 6.18. The molecule has 2 N–H and O–H groups in total. The van der Waals surface area contributed by atoms with Crippen LogP contribution in [-0.4, -0.2) is 6.54 Å². The molecule has 96 valence electrons. The summed E-state index contributed by atoms with van der Waals surface area (Å²) in [6.07, 6.45) is 9.37. The Hall–Kier alpha value is 0.140. The molecule has 1 saturated carbocycles. The van der Waals surface area contributed by atoms with E-state index in [4.69, 9.17) is 5.73 Å². The number of aryl methyl sites for hydroxylation is 2. The van der Waals surface area contributed by atoms with Gasteiger partial charge in [0.05, 0.1) is 0 Å². The minimum absolute atomic E-state index is 0.562. The largest absolute Gasteiger partial charge is 0.330 e. The summed E-state index contributed by atoms with van der Waals surface area (Å²) in [7, 11) is 0. The highest BCUT2D eigenvalue weighted by atomic mass is 79.9. The Bertz CT molecular complexity index is 366. The molecule has 0 aromatic carbocycles. The van der Waals surface area contributed by atoms with Crippen molar-refractivity contribution >= 4 is 27.3 Å². The zero-order valence-electron chi connectivity index (χ0n) is 10.6. The minimum Gasteiger partial charge on any atom is -0.330 e. The number of hydrogen-bond donors (Lipinski definition) is 1. The molecule has 1 aromatic rings. The van der Waals surface area contributed by atoms with Crippen molar-refractivity contribution in [2.75, 3.05) is 6.54 Å². The maximum absolute atomic E-state index is 5.79. The molecule has 0 radical (unpaired) electrons. The topological polar surface area (TPSA) is 26.0 Å². The van der Waals surface area contributed by atoms with Crippen molar-refractivity contribution in [3.05, 3.63) is 20.3 Å². The molecule has 0 aliphatic heterocycles. The SMILES string of the molecule is Cc1cc(Br)c(CCC2(CCN)CCCC2)s1. The third kappa shape index (κ3) is 3.33. The van der Waals surface area contributed by atoms with Crippen LogP contribution in [0.5, 0.6) is 0 Å². The first kappa shape index (κ1) is 13.6. The summed E-state index contributed by atoms with van der Waals surface area (Å²) >= 11 is 5.61. The standard InChI is InChI=1S/C14H22BrNS/c1-11-10-12(15)13(17-11)4-7-14(8-9-16)5-2-3-6-14/h10H,2-9,16H2,1H3. The molecule has 1 nitrogen and oxygen atoms in total. The van der Waals surface area contributed by atoms with Crippen molar-refractivity contribution in [3.8, 4) is 0 Å². The van der Waals surface area contributed by atoms with Crippen LogP contribution < -0.4 is 5.73 Å². The maximum atomic E-state index is 5.79. The van der Waals surface area contributed by atoms with Gasteiger partial charge < -0.3 is 5.73 Å². The van der Waals surface area contributed by atoms with Crippen molar-refractivity contribution < 1.29 is 0 Å². The lowest BCUT2D eigenvalue weighted by molar-refractivity contribution is 0.253. The molecule has 0 spiro atoms. The summed E-state index contributed by atoms with van der Waals surface area (Å²) in [5.41, 5.74) is 6.35. The molecular weight excluding hydrogens is 294 g/mol. The second-order valence-corrected chi connectivity index (χ2v) is 7.57. The van der Waals surface area contributed by atoms with E-state index in [9.17, 15) is 0 Å². The Balaban J connectivity index is 1.98. The molecule has 1 aromatic heterocycles. The Morgan fingerprint density at radius 2 is 2.06 bits per heavy atom. The van der Waals surface area contributed by atoms with Gasteiger partial charge in [-0.05, 0) is 73.0 Å². The second-order valence-electron chi connectivity index (χ2n) is 5.37. The van der Waals surface area contributed by atoms with Crippen molar-refractivity contribution in [1.82, 2.24) is 0 Å². The maximum Gasteiger partial charge on any atom is 0.0317 e. The van der Waals surface area contributed by atoms with Crippen LogP contribution in [-0.2, 0) is 6.42 Å². The molecule has 1 fully saturated rings. The van der Waals surface area contributed by atoms with Gasteiger partial charge >= 0.3 is 0 Å². The molecule has 1 aliphatic carbocycles. The van der Waals surface area contributed by atoms with Gasteiger partial charge in [-0.1, -0.05) is 12.8 Å². The quantitative estimate of drug-likeness (QED) is 0.840. The van der Waals surface area contributed by atoms with E-state index < -0.39 is 0 Å². The zero-order valence-corrected chi connectivity index (χ0v) is 13.0. The number of rotatable bonds is 5. The average Bonchev–Trinajstić information content (AvgIpc) is 2.84. The smallest absolute Gasteiger partial charge is 0.0317 e. The molecule has 0 saturated heterocycles. The molecule has 2 rings (SSSR count). The van der Waals surface area contributed by atoms with E-state index in [1.54, 1.807) is 0 Å². The van der Waals surface area contributed by atoms with Gasteiger partial charge in [0.1, 0.15) is 0 Å². The molecule has 0 bridgehead atoms. The van der Waals surface area contributed by atoms with Crippen LogP contribution in [0.4, 0.5) is 0 Å². The summed E-state index contributed by atoms with van der Waals surface area (Å²) in [6, 6.07) is 2.24. The fraction of sp³-hybridized carbons (Fsp3) is 0.714. The lowest BCUT2D eigenvalue weighted by Gasteiger charge is -2.28. The minimum atomic E-state index is 0.562. The predicted octanol–water partition coefficient (Wildman–Crippen LogP) is 4.66. The van der Waals surface area contributed by atoms with Crippen LogP contribution in [0.25, 0.3) is 0 Å². The summed E-state index contributed by atoms with van der Waals surface area (Å²) in [5.74, 6) is 0. The van der Waals surface area contributed by atoms with Crippen molar-refractivity contribution in [1.29, 1.82) is 0 Å². The summed E-state index contributed by atoms with van der Waals surface area (Å²) in [5, 5.41) is 0. The summed E-state index contributed by atoms with van der Waals surface area (Å²) in [4.78, 5) is 2.93. The van der Waals surface area contributed by atoms with E-state index in [-0.39, 0.29) is 0 Å². The van der Waals surface area contributed by atoms with Crippen molar-refractivity contribution in [3.63, 3.8) is 0 Å². The van der Waals surface area contributed by atoms with E-state index in [1.165, 1.54) is 59.2 Å². The molecule has 0 amide bonds. The highest BCUT2D eigenvalue weighted by molar-refractivity contribution is 9.10. The Kier molecular flexibility index (Phi) is 4.67. The molecule has 0 unspecified atom stereocenters. The fourth-order valence-corrected chi connectivity index (χ4v) is 5.00. The van der Waals surface area contributed by atoms with Gasteiger partial charge in [-0.25, -0.2) is 0 Å². The van der Waals surface area contributed by atoms with Gasteiger partial charge in [0.2, 0.25) is 0 Å². The van der Waals surface area contributed by atoms with Crippen LogP contribution in [0.2, 0.25) is 0 Å². The number of halogens is 1. The van der Waals surface area contributed by atoms with Crippen LogP contribution in [0, 0.1) is 12.3 Å². The lowest BCUT2D eigenvalue weighted by atomic mass is 9.78. The molecule has 17 heavy (non-hydrogen) atoms. The summed E-state index contributed by atoms with van der Waals surface area (Å²) < 4.78 is 1.31. The van der Waals surface area contributed by atoms with Gasteiger partial charge in [0, 0.05) is 14.2 Å². The first-order valence-electron chi connectivity index (χ1n) is 6.60. The van der Waals surface area contributed by atoms with Crippen LogP contribution in [0.1, 0.15) is 48.3 Å². The Morgan fingerprint density at radius 1 is 1.35 bits per heavy atom. The van der Waals surface area contributed by atoms with Gasteiger partial charge in [0.25, 0.3) is 0 Å². The predicted molar refractivity (Wildman–Crippen MR) is 79.6 cm³/mol. The summed E-state index contributed by atoms with van der Waals surface area (Å²) in [6.45, 7) is 3.04. The Labute approximate surface area is 117 Å². The number of nitrogens with two attached hydrogens (primary N) is 1. The fourth-order valence-electron chi connectivity index (χ4n) is 3.14. The first-order chi connectivity index (χ1) is 8.15. The second kappa shape index (κ2) is 5.85. The van der Waals surface area contributed by atoms with Crippen LogP contribution in [0.15, 0.2) is 10.5 Å². The van der Waals surface area contributed by atoms with E-state index in [1.807, 2.05) is 11.3 Å². The Morgan fingerprint density at radius 3 is 2.59 bits per heavy atom. The van der Waals surface area contributed by atoms with Crippen molar-refractivity contribution in [2.45, 2.75) is 51.9 Å².